The number of nitrogens with zero attached hydrogens (tertiary/aromatic N) is 6. The summed E-state index contributed by atoms with van der Waals surface area (Å²) >= 11 is 0. The Morgan fingerprint density at radius 1 is 1.22 bits per heavy atom. The van der Waals surface area contributed by atoms with Crippen molar-refractivity contribution in [2.45, 2.75) is 69.6 Å². The number of carbonyl (C=O) groups is 1. The lowest BCUT2D eigenvalue weighted by Crippen LogP contribution is -2.55. The molecular weight excluding hydrogens is 516 g/mol. The van der Waals surface area contributed by atoms with Crippen LogP contribution in [0.25, 0.3) is 0 Å². The second-order valence-electron chi connectivity index (χ2n) is 12.0. The van der Waals surface area contributed by atoms with Crippen molar-refractivity contribution in [3.63, 3.8) is 0 Å². The smallest absolute Gasteiger partial charge is 0.321 e. The number of carbonyl (C=O) groups excluding carboxylic acids is 1. The van der Waals surface area contributed by atoms with E-state index in [0.29, 0.717) is 50.1 Å². The summed E-state index contributed by atoms with van der Waals surface area (Å²) in [5.74, 6) is 1.59. The predicted molar refractivity (Wildman–Crippen MR) is 156 cm³/mol. The van der Waals surface area contributed by atoms with Gasteiger partial charge in [0.05, 0.1) is 24.1 Å². The summed E-state index contributed by atoms with van der Waals surface area (Å²) in [5, 5.41) is 9.52. The molecule has 1 amide bonds. The minimum Gasteiger partial charge on any atom is -0.465 e. The Hall–Kier alpha value is -3.64. The van der Waals surface area contributed by atoms with Gasteiger partial charge in [0, 0.05) is 31.6 Å². The van der Waals surface area contributed by atoms with Gasteiger partial charge in [-0.15, -0.1) is 0 Å². The molecule has 6 rings (SSSR count). The minimum absolute atomic E-state index is 0.144. The van der Waals surface area contributed by atoms with Gasteiger partial charge in [-0.2, -0.15) is 15.2 Å². The largest absolute Gasteiger partial charge is 0.465 e. The molecule has 2 unspecified atom stereocenters. The summed E-state index contributed by atoms with van der Waals surface area (Å²) in [4.78, 5) is 28.7. The topological polar surface area (TPSA) is 94.8 Å². The van der Waals surface area contributed by atoms with Crippen LogP contribution in [0.15, 0.2) is 36.9 Å². The lowest BCUT2D eigenvalue weighted by molar-refractivity contribution is -0.128. The molecule has 2 aromatic rings. The Morgan fingerprint density at radius 3 is 2.85 bits per heavy atom. The van der Waals surface area contributed by atoms with Gasteiger partial charge in [-0.05, 0) is 69.3 Å². The second-order valence-corrected chi connectivity index (χ2v) is 12.0. The molecule has 0 bridgehead atoms. The van der Waals surface area contributed by atoms with E-state index in [1.54, 1.807) is 4.90 Å². The van der Waals surface area contributed by atoms with E-state index in [4.69, 9.17) is 19.4 Å². The monoisotopic (exact) mass is 556 g/mol. The molecule has 0 N–H and O–H groups in total. The number of anilines is 1. The van der Waals surface area contributed by atoms with Crippen LogP contribution in [-0.4, -0.2) is 77.6 Å². The maximum atomic E-state index is 12.5. The Morgan fingerprint density at radius 2 is 2.07 bits per heavy atom. The van der Waals surface area contributed by atoms with Crippen LogP contribution >= 0.6 is 0 Å². The average Bonchev–Trinajstić information content (AvgIpc) is 3.41. The molecule has 9 heteroatoms. The van der Waals surface area contributed by atoms with Gasteiger partial charge in [0.2, 0.25) is 11.8 Å². The number of likely N-dealkylation sites (tertiary alicyclic amines) is 1. The van der Waals surface area contributed by atoms with E-state index in [1.807, 2.05) is 0 Å². The summed E-state index contributed by atoms with van der Waals surface area (Å²) in [6, 6.07) is 11.3. The number of aryl methyl sites for hydroxylation is 1. The molecule has 1 aromatic heterocycles. The third kappa shape index (κ3) is 5.03. The lowest BCUT2D eigenvalue weighted by Gasteiger charge is -2.47. The van der Waals surface area contributed by atoms with E-state index in [2.05, 4.69) is 60.7 Å². The van der Waals surface area contributed by atoms with Crippen LogP contribution in [0.5, 0.6) is 11.9 Å². The number of piperazine rings is 1. The molecule has 1 aromatic carbocycles. The molecule has 41 heavy (non-hydrogen) atoms. The molecule has 2 saturated heterocycles. The number of nitriles is 1. The van der Waals surface area contributed by atoms with Crippen LogP contribution < -0.4 is 14.4 Å². The van der Waals surface area contributed by atoms with Gasteiger partial charge in [0.15, 0.2) is 0 Å². The van der Waals surface area contributed by atoms with Crippen molar-refractivity contribution in [1.82, 2.24) is 19.8 Å². The molecule has 9 nitrogen and oxygen atoms in total. The van der Waals surface area contributed by atoms with Crippen molar-refractivity contribution in [2.75, 3.05) is 44.7 Å². The van der Waals surface area contributed by atoms with E-state index in [9.17, 15) is 10.1 Å². The normalized spacial score (nSPS) is 27.5. The first-order chi connectivity index (χ1) is 19.9. The van der Waals surface area contributed by atoms with Crippen molar-refractivity contribution in [1.29, 1.82) is 5.26 Å². The number of ether oxygens (including phenoxy) is 2. The first kappa shape index (κ1) is 27.5. The molecule has 4 heterocycles. The van der Waals surface area contributed by atoms with Crippen LogP contribution in [0.4, 0.5) is 5.82 Å². The summed E-state index contributed by atoms with van der Waals surface area (Å²) in [6.45, 7) is 9.14. The van der Waals surface area contributed by atoms with E-state index >= 15 is 0 Å². The second kappa shape index (κ2) is 11.3. The molecule has 0 saturated carbocycles. The van der Waals surface area contributed by atoms with Crippen molar-refractivity contribution >= 4 is 11.7 Å². The van der Waals surface area contributed by atoms with Crippen LogP contribution in [0, 0.1) is 17.2 Å². The number of fused-ring (bicyclic) bond motifs is 3. The highest BCUT2D eigenvalue weighted by Crippen LogP contribution is 2.50. The van der Waals surface area contributed by atoms with Gasteiger partial charge in [-0.1, -0.05) is 37.8 Å². The van der Waals surface area contributed by atoms with Gasteiger partial charge >= 0.3 is 6.01 Å². The predicted octanol–water partition coefficient (Wildman–Crippen LogP) is 3.87. The highest BCUT2D eigenvalue weighted by Gasteiger charge is 2.48. The Bertz CT molecular complexity index is 1360. The molecule has 2 fully saturated rings. The van der Waals surface area contributed by atoms with E-state index in [-0.39, 0.29) is 18.4 Å². The van der Waals surface area contributed by atoms with Crippen LogP contribution in [0.2, 0.25) is 0 Å². The van der Waals surface area contributed by atoms with Gasteiger partial charge in [-0.3, -0.25) is 4.79 Å². The first-order valence-corrected chi connectivity index (χ1v) is 15.0. The molecule has 4 aliphatic rings. The fourth-order valence-electron chi connectivity index (χ4n) is 7.25. The quantitative estimate of drug-likeness (QED) is 0.495. The van der Waals surface area contributed by atoms with Crippen LogP contribution in [-0.2, 0) is 23.2 Å². The molecular formula is C32H40N6O3. The fraction of sp³-hybridized carbons (Fsp3) is 0.562. The third-order valence-electron chi connectivity index (χ3n) is 9.71. The van der Waals surface area contributed by atoms with E-state index in [0.717, 1.165) is 56.5 Å². The van der Waals surface area contributed by atoms with Gasteiger partial charge < -0.3 is 24.2 Å². The Labute approximate surface area is 242 Å². The van der Waals surface area contributed by atoms with E-state index in [1.165, 1.54) is 17.2 Å². The zero-order valence-corrected chi connectivity index (χ0v) is 24.2. The first-order valence-electron chi connectivity index (χ1n) is 15.0. The van der Waals surface area contributed by atoms with Gasteiger partial charge in [0.25, 0.3) is 0 Å². The van der Waals surface area contributed by atoms with Crippen molar-refractivity contribution in [3.05, 3.63) is 53.6 Å². The van der Waals surface area contributed by atoms with Gasteiger partial charge in [-0.25, -0.2) is 0 Å². The lowest BCUT2D eigenvalue weighted by atomic mass is 9.69. The van der Waals surface area contributed by atoms with Crippen molar-refractivity contribution in [2.24, 2.45) is 5.92 Å². The number of aromatic nitrogens is 2. The minimum atomic E-state index is -0.436. The summed E-state index contributed by atoms with van der Waals surface area (Å²) < 4.78 is 13.3. The highest BCUT2D eigenvalue weighted by molar-refractivity contribution is 5.87. The number of amides is 1. The van der Waals surface area contributed by atoms with E-state index < -0.39 is 5.60 Å². The molecule has 3 aliphatic heterocycles. The molecule has 1 aliphatic carbocycles. The SMILES string of the molecule is C=CC(=O)N1CCN(c2nc(OC[C@@H]3CCCN3C)nc3c2CCC2(O3)c3ccccc3CCC2C)C[C@@H]1CC#N. The highest BCUT2D eigenvalue weighted by atomic mass is 16.5. The maximum Gasteiger partial charge on any atom is 0.321 e. The Kier molecular flexibility index (Phi) is 7.60. The number of rotatable bonds is 6. The van der Waals surface area contributed by atoms with Crippen LogP contribution in [0.1, 0.15) is 55.7 Å². The fourth-order valence-corrected chi connectivity index (χ4v) is 7.25. The number of benzene rings is 1. The standard InChI is InChI=1S/C32H40N6O3/c1-4-28(39)38-19-18-37(20-24(38)14-16-33)29-26-13-15-32(22(2)11-12-23-8-5-6-10-27(23)32)41-30(26)35-31(34-29)40-21-25-9-7-17-36(25)3/h4-6,8,10,22,24-25H,1,7,9,11-15,17-21H2,2-3H3/t22?,24-,25-,32?/m0/s1. The summed E-state index contributed by atoms with van der Waals surface area (Å²) in [6.07, 6.45) is 7.58. The molecule has 216 valence electrons. The number of likely N-dealkylation sites (N-methyl/N-ethyl adjacent to an activating group) is 1. The summed E-state index contributed by atoms with van der Waals surface area (Å²) in [7, 11) is 2.13. The number of hydrogen-bond acceptors (Lipinski definition) is 8. The maximum absolute atomic E-state index is 12.5. The zero-order valence-electron chi connectivity index (χ0n) is 24.2. The molecule has 1 spiro atoms. The zero-order chi connectivity index (χ0) is 28.6. The molecule has 0 radical (unpaired) electrons. The van der Waals surface area contributed by atoms with Crippen LogP contribution in [0.3, 0.4) is 0 Å². The van der Waals surface area contributed by atoms with Gasteiger partial charge in [0.1, 0.15) is 18.0 Å². The Balaban J connectivity index is 1.36. The summed E-state index contributed by atoms with van der Waals surface area (Å²) in [5.41, 5.74) is 3.17. The average molecular weight is 557 g/mol. The third-order valence-corrected chi connectivity index (χ3v) is 9.71. The van der Waals surface area contributed by atoms with Crippen molar-refractivity contribution in [3.8, 4) is 18.0 Å². The number of hydrogen-bond donors (Lipinski definition) is 0. The van der Waals surface area contributed by atoms with Crippen molar-refractivity contribution < 1.29 is 14.3 Å². The molecule has 4 atom stereocenters.